The predicted molar refractivity (Wildman–Crippen MR) is 77.2 cm³/mol. The standard InChI is InChI=1S/C16H30O3/c1-12-9-13(2)11-14(10-12)19-8-6-5-7-16(3,4)15(17)18/h12-14H,5-11H2,1-4H3,(H,17,18). The molecule has 0 aromatic rings. The van der Waals surface area contributed by atoms with E-state index in [2.05, 4.69) is 13.8 Å². The minimum atomic E-state index is -0.705. The van der Waals surface area contributed by atoms with E-state index < -0.39 is 11.4 Å². The van der Waals surface area contributed by atoms with Gasteiger partial charge in [-0.25, -0.2) is 0 Å². The molecule has 3 nitrogen and oxygen atoms in total. The lowest BCUT2D eigenvalue weighted by molar-refractivity contribution is -0.147. The molecule has 1 N–H and O–H groups in total. The van der Waals surface area contributed by atoms with Gasteiger partial charge in [0.1, 0.15) is 0 Å². The Kier molecular flexibility index (Phi) is 6.31. The van der Waals surface area contributed by atoms with Gasteiger partial charge in [-0.3, -0.25) is 4.79 Å². The molecule has 1 fully saturated rings. The van der Waals surface area contributed by atoms with Crippen LogP contribution in [0.2, 0.25) is 0 Å². The largest absolute Gasteiger partial charge is 0.481 e. The molecule has 1 aliphatic carbocycles. The Bertz CT molecular complexity index is 276. The van der Waals surface area contributed by atoms with Gasteiger partial charge in [0.2, 0.25) is 0 Å². The van der Waals surface area contributed by atoms with E-state index in [1.807, 2.05) is 0 Å². The maximum Gasteiger partial charge on any atom is 0.309 e. The van der Waals surface area contributed by atoms with Gasteiger partial charge in [0.15, 0.2) is 0 Å². The van der Waals surface area contributed by atoms with Gasteiger partial charge in [-0.15, -0.1) is 0 Å². The zero-order valence-corrected chi connectivity index (χ0v) is 12.9. The van der Waals surface area contributed by atoms with Crippen molar-refractivity contribution in [2.45, 2.75) is 72.3 Å². The molecule has 3 heteroatoms. The molecule has 0 bridgehead atoms. The summed E-state index contributed by atoms with van der Waals surface area (Å²) < 4.78 is 5.95. The second-order valence-electron chi connectivity index (χ2n) is 7.06. The summed E-state index contributed by atoms with van der Waals surface area (Å²) in [5.74, 6) is 0.850. The molecule has 112 valence electrons. The van der Waals surface area contributed by atoms with Gasteiger partial charge < -0.3 is 9.84 Å². The summed E-state index contributed by atoms with van der Waals surface area (Å²) in [6.07, 6.45) is 6.74. The number of carbonyl (C=O) groups is 1. The van der Waals surface area contributed by atoms with Gasteiger partial charge >= 0.3 is 5.97 Å². The molecular weight excluding hydrogens is 240 g/mol. The number of carboxylic acid groups (broad SMARTS) is 1. The van der Waals surface area contributed by atoms with Crippen LogP contribution in [0.3, 0.4) is 0 Å². The maximum absolute atomic E-state index is 11.0. The van der Waals surface area contributed by atoms with E-state index in [1.165, 1.54) is 19.3 Å². The van der Waals surface area contributed by atoms with Crippen molar-refractivity contribution in [2.75, 3.05) is 6.61 Å². The minimum Gasteiger partial charge on any atom is -0.481 e. The van der Waals surface area contributed by atoms with E-state index in [0.29, 0.717) is 6.10 Å². The van der Waals surface area contributed by atoms with Crippen LogP contribution in [0.1, 0.15) is 66.2 Å². The zero-order chi connectivity index (χ0) is 14.5. The number of ether oxygens (including phenoxy) is 1. The lowest BCUT2D eigenvalue weighted by atomic mass is 9.82. The number of aliphatic carboxylic acids is 1. The smallest absolute Gasteiger partial charge is 0.309 e. The molecule has 0 aliphatic heterocycles. The van der Waals surface area contributed by atoms with Crippen molar-refractivity contribution in [3.8, 4) is 0 Å². The van der Waals surface area contributed by atoms with Crippen molar-refractivity contribution in [1.82, 2.24) is 0 Å². The summed E-state index contributed by atoms with van der Waals surface area (Å²) in [5, 5.41) is 9.03. The predicted octanol–water partition coefficient (Wildman–Crippen LogP) is 4.11. The van der Waals surface area contributed by atoms with E-state index >= 15 is 0 Å². The first-order valence-electron chi connectivity index (χ1n) is 7.66. The van der Waals surface area contributed by atoms with Crippen LogP contribution in [0.5, 0.6) is 0 Å². The Morgan fingerprint density at radius 2 is 1.74 bits per heavy atom. The van der Waals surface area contributed by atoms with E-state index in [1.54, 1.807) is 13.8 Å². The summed E-state index contributed by atoms with van der Waals surface area (Å²) in [6, 6.07) is 0. The van der Waals surface area contributed by atoms with Crippen molar-refractivity contribution in [1.29, 1.82) is 0 Å². The molecule has 0 aromatic carbocycles. The topological polar surface area (TPSA) is 46.5 Å². The van der Waals surface area contributed by atoms with Gasteiger partial charge in [-0.1, -0.05) is 20.3 Å². The highest BCUT2D eigenvalue weighted by atomic mass is 16.5. The van der Waals surface area contributed by atoms with Gasteiger partial charge in [0, 0.05) is 6.61 Å². The van der Waals surface area contributed by atoms with E-state index in [-0.39, 0.29) is 0 Å². The van der Waals surface area contributed by atoms with Crippen LogP contribution < -0.4 is 0 Å². The molecular formula is C16H30O3. The fraction of sp³-hybridized carbons (Fsp3) is 0.938. The average Bonchev–Trinajstić information content (AvgIpc) is 2.26. The first-order valence-corrected chi connectivity index (χ1v) is 7.66. The molecule has 1 rings (SSSR count). The van der Waals surface area contributed by atoms with E-state index in [9.17, 15) is 4.79 Å². The Labute approximate surface area is 117 Å². The lowest BCUT2D eigenvalue weighted by Crippen LogP contribution is -2.27. The third kappa shape index (κ3) is 5.94. The van der Waals surface area contributed by atoms with Crippen LogP contribution in [0.15, 0.2) is 0 Å². The fourth-order valence-corrected chi connectivity index (χ4v) is 3.04. The normalized spacial score (nSPS) is 28.3. The molecule has 0 heterocycles. The third-order valence-electron chi connectivity index (χ3n) is 4.26. The van der Waals surface area contributed by atoms with Gasteiger partial charge in [0.05, 0.1) is 11.5 Å². The summed E-state index contributed by atoms with van der Waals surface area (Å²) in [4.78, 5) is 11.0. The molecule has 0 saturated heterocycles. The average molecular weight is 270 g/mol. The van der Waals surface area contributed by atoms with Crippen LogP contribution in [-0.2, 0) is 9.53 Å². The molecule has 1 aliphatic rings. The molecule has 1 saturated carbocycles. The molecule has 0 amide bonds. The molecule has 2 atom stereocenters. The Balaban J connectivity index is 2.12. The van der Waals surface area contributed by atoms with E-state index in [0.717, 1.165) is 37.7 Å². The summed E-state index contributed by atoms with van der Waals surface area (Å²) in [7, 11) is 0. The van der Waals surface area contributed by atoms with Crippen molar-refractivity contribution >= 4 is 5.97 Å². The van der Waals surface area contributed by atoms with Crippen molar-refractivity contribution < 1.29 is 14.6 Å². The first kappa shape index (κ1) is 16.5. The van der Waals surface area contributed by atoms with Gasteiger partial charge in [-0.05, 0) is 57.8 Å². The summed E-state index contributed by atoms with van der Waals surface area (Å²) in [6.45, 7) is 8.98. The number of hydrogen-bond acceptors (Lipinski definition) is 2. The van der Waals surface area contributed by atoms with Crippen molar-refractivity contribution in [3.05, 3.63) is 0 Å². The second-order valence-corrected chi connectivity index (χ2v) is 7.06. The van der Waals surface area contributed by atoms with Gasteiger partial charge in [-0.2, -0.15) is 0 Å². The Morgan fingerprint density at radius 1 is 1.16 bits per heavy atom. The van der Waals surface area contributed by atoms with Gasteiger partial charge in [0.25, 0.3) is 0 Å². The molecule has 0 spiro atoms. The zero-order valence-electron chi connectivity index (χ0n) is 12.9. The van der Waals surface area contributed by atoms with Crippen LogP contribution in [-0.4, -0.2) is 23.8 Å². The Morgan fingerprint density at radius 3 is 2.26 bits per heavy atom. The minimum absolute atomic E-state index is 0.422. The quantitative estimate of drug-likeness (QED) is 0.708. The highest BCUT2D eigenvalue weighted by molar-refractivity contribution is 5.73. The molecule has 19 heavy (non-hydrogen) atoms. The van der Waals surface area contributed by atoms with Crippen molar-refractivity contribution in [2.24, 2.45) is 17.3 Å². The molecule has 0 radical (unpaired) electrons. The lowest BCUT2D eigenvalue weighted by Gasteiger charge is -2.31. The number of hydrogen-bond donors (Lipinski definition) is 1. The van der Waals surface area contributed by atoms with Crippen molar-refractivity contribution in [3.63, 3.8) is 0 Å². The highest BCUT2D eigenvalue weighted by Gasteiger charge is 2.26. The SMILES string of the molecule is CC1CC(C)CC(OCCCCC(C)(C)C(=O)O)C1. The highest BCUT2D eigenvalue weighted by Crippen LogP contribution is 2.30. The molecule has 2 unspecified atom stereocenters. The fourth-order valence-electron chi connectivity index (χ4n) is 3.04. The number of rotatable bonds is 7. The number of carboxylic acids is 1. The maximum atomic E-state index is 11.0. The number of unbranched alkanes of at least 4 members (excludes halogenated alkanes) is 1. The van der Waals surface area contributed by atoms with Crippen LogP contribution in [0.25, 0.3) is 0 Å². The third-order valence-corrected chi connectivity index (χ3v) is 4.26. The second kappa shape index (κ2) is 7.28. The summed E-state index contributed by atoms with van der Waals surface area (Å²) in [5.41, 5.74) is -0.603. The first-order chi connectivity index (χ1) is 8.81. The van der Waals surface area contributed by atoms with E-state index in [4.69, 9.17) is 9.84 Å². The summed E-state index contributed by atoms with van der Waals surface area (Å²) >= 11 is 0. The van der Waals surface area contributed by atoms with Crippen LogP contribution in [0, 0.1) is 17.3 Å². The molecule has 0 aromatic heterocycles. The Hall–Kier alpha value is -0.570. The monoisotopic (exact) mass is 270 g/mol. The van der Waals surface area contributed by atoms with Crippen LogP contribution in [0.4, 0.5) is 0 Å². The van der Waals surface area contributed by atoms with Crippen LogP contribution >= 0.6 is 0 Å².